The Kier molecular flexibility index (Phi) is 5.31. The molecular weight excluding hydrogens is 402 g/mol. The van der Waals surface area contributed by atoms with Crippen molar-refractivity contribution in [1.29, 1.82) is 0 Å². The molecule has 1 aliphatic rings. The number of carbonyl (C=O) groups is 2. The summed E-state index contributed by atoms with van der Waals surface area (Å²) in [4.78, 5) is 28.2. The molecule has 1 saturated heterocycles. The van der Waals surface area contributed by atoms with Gasteiger partial charge >= 0.3 is 0 Å². The number of aromatic nitrogens is 3. The van der Waals surface area contributed by atoms with Gasteiger partial charge in [-0.2, -0.15) is 0 Å². The minimum absolute atomic E-state index is 0.0178. The third kappa shape index (κ3) is 3.70. The molecule has 2 atom stereocenters. The average Bonchev–Trinajstić information content (AvgIpc) is 3.28. The Morgan fingerprint density at radius 2 is 1.84 bits per heavy atom. The van der Waals surface area contributed by atoms with Gasteiger partial charge in [0.25, 0.3) is 5.91 Å². The molecule has 1 aliphatic heterocycles. The zero-order chi connectivity index (χ0) is 22.1. The Morgan fingerprint density at radius 1 is 1.03 bits per heavy atom. The van der Waals surface area contributed by atoms with Gasteiger partial charge in [-0.25, -0.2) is 0 Å². The highest BCUT2D eigenvalue weighted by Crippen LogP contribution is 2.24. The lowest BCUT2D eigenvalue weighted by Gasteiger charge is -2.33. The predicted octanol–water partition coefficient (Wildman–Crippen LogP) is 3.61. The van der Waals surface area contributed by atoms with E-state index < -0.39 is 0 Å². The fourth-order valence-electron chi connectivity index (χ4n) is 4.51. The van der Waals surface area contributed by atoms with E-state index in [2.05, 4.69) is 15.5 Å². The monoisotopic (exact) mass is 427 g/mol. The molecule has 162 valence electrons. The first kappa shape index (κ1) is 20.2. The Morgan fingerprint density at radius 3 is 2.75 bits per heavy atom. The van der Waals surface area contributed by atoms with Gasteiger partial charge in [0, 0.05) is 24.8 Å². The zero-order valence-corrected chi connectivity index (χ0v) is 17.9. The Bertz CT molecular complexity index is 1290. The number of nitrogens with one attached hydrogen (secondary N) is 1. The number of fused-ring (bicyclic) bond motifs is 2. The second kappa shape index (κ2) is 8.42. The van der Waals surface area contributed by atoms with Gasteiger partial charge < -0.3 is 10.2 Å². The number of pyridine rings is 1. The van der Waals surface area contributed by atoms with E-state index in [1.807, 2.05) is 83.1 Å². The van der Waals surface area contributed by atoms with Crippen LogP contribution in [0.3, 0.4) is 0 Å². The summed E-state index contributed by atoms with van der Waals surface area (Å²) >= 11 is 0. The van der Waals surface area contributed by atoms with Gasteiger partial charge in [-0.1, -0.05) is 42.5 Å². The van der Waals surface area contributed by atoms with E-state index in [0.717, 1.165) is 29.3 Å². The minimum Gasteiger partial charge on any atom is -0.346 e. The van der Waals surface area contributed by atoms with E-state index in [9.17, 15) is 9.59 Å². The highest BCUT2D eigenvalue weighted by Gasteiger charge is 2.30. The van der Waals surface area contributed by atoms with Crippen molar-refractivity contribution in [3.05, 3.63) is 78.2 Å². The van der Waals surface area contributed by atoms with Gasteiger partial charge in [0.1, 0.15) is 0 Å². The SMILES string of the molecule is CC(NC(=O)C1CCCN(C(=O)c2cccc3ccccc23)C1)c1nnc2ccccn12. The average molecular weight is 428 g/mol. The quantitative estimate of drug-likeness (QED) is 0.540. The fourth-order valence-corrected chi connectivity index (χ4v) is 4.51. The molecule has 0 spiro atoms. The number of carbonyl (C=O) groups excluding carboxylic acids is 2. The normalized spacial score (nSPS) is 17.4. The van der Waals surface area contributed by atoms with Crippen LogP contribution in [0.15, 0.2) is 66.9 Å². The van der Waals surface area contributed by atoms with Crippen LogP contribution in [0.25, 0.3) is 16.4 Å². The first-order chi connectivity index (χ1) is 15.6. The fraction of sp³-hybridized carbons (Fsp3) is 0.280. The summed E-state index contributed by atoms with van der Waals surface area (Å²) in [6.45, 7) is 2.99. The number of rotatable bonds is 4. The second-order valence-corrected chi connectivity index (χ2v) is 8.33. The van der Waals surface area contributed by atoms with Crippen LogP contribution in [0, 0.1) is 5.92 Å². The number of hydrogen-bond donors (Lipinski definition) is 1. The lowest BCUT2D eigenvalue weighted by atomic mass is 9.95. The van der Waals surface area contributed by atoms with Gasteiger partial charge in [-0.3, -0.25) is 14.0 Å². The Hall–Kier alpha value is -3.74. The summed E-state index contributed by atoms with van der Waals surface area (Å²) < 4.78 is 1.88. The van der Waals surface area contributed by atoms with E-state index in [0.29, 0.717) is 24.5 Å². The molecule has 32 heavy (non-hydrogen) atoms. The van der Waals surface area contributed by atoms with Crippen LogP contribution in [-0.2, 0) is 4.79 Å². The molecule has 3 heterocycles. The molecular formula is C25H25N5O2. The van der Waals surface area contributed by atoms with E-state index in [-0.39, 0.29) is 23.8 Å². The molecule has 5 rings (SSSR count). The molecule has 0 bridgehead atoms. The molecule has 0 radical (unpaired) electrons. The van der Waals surface area contributed by atoms with Crippen molar-refractivity contribution in [3.63, 3.8) is 0 Å². The number of piperidine rings is 1. The summed E-state index contributed by atoms with van der Waals surface area (Å²) in [6.07, 6.45) is 3.45. The van der Waals surface area contributed by atoms with Crippen LogP contribution < -0.4 is 5.32 Å². The molecule has 7 heteroatoms. The topological polar surface area (TPSA) is 79.6 Å². The van der Waals surface area contributed by atoms with Crippen LogP contribution >= 0.6 is 0 Å². The van der Waals surface area contributed by atoms with Crippen LogP contribution in [-0.4, -0.2) is 44.4 Å². The first-order valence-corrected chi connectivity index (χ1v) is 11.0. The molecule has 1 N–H and O–H groups in total. The van der Waals surface area contributed by atoms with E-state index in [1.165, 1.54) is 0 Å². The van der Waals surface area contributed by atoms with Crippen LogP contribution in [0.4, 0.5) is 0 Å². The summed E-state index contributed by atoms with van der Waals surface area (Å²) in [7, 11) is 0. The highest BCUT2D eigenvalue weighted by molar-refractivity contribution is 6.07. The molecule has 2 amide bonds. The first-order valence-electron chi connectivity index (χ1n) is 11.0. The summed E-state index contributed by atoms with van der Waals surface area (Å²) in [5.74, 6) is 0.370. The van der Waals surface area contributed by atoms with Crippen LogP contribution in [0.2, 0.25) is 0 Å². The number of hydrogen-bond acceptors (Lipinski definition) is 4. The standard InChI is InChI=1S/C25H25N5O2/c1-17(23-28-27-22-13-4-5-15-30(22)23)26-24(31)19-10-7-14-29(16-19)25(32)21-12-6-9-18-8-2-3-11-20(18)21/h2-6,8-9,11-13,15,17,19H,7,10,14,16H2,1H3,(H,26,31). The number of likely N-dealkylation sites (tertiary alicyclic amines) is 1. The highest BCUT2D eigenvalue weighted by atomic mass is 16.2. The Labute approximate surface area is 186 Å². The lowest BCUT2D eigenvalue weighted by molar-refractivity contribution is -0.127. The summed E-state index contributed by atoms with van der Waals surface area (Å²) in [5, 5.41) is 13.5. The summed E-state index contributed by atoms with van der Waals surface area (Å²) in [5.41, 5.74) is 1.43. The Balaban J connectivity index is 1.30. The van der Waals surface area contributed by atoms with Gasteiger partial charge in [0.2, 0.25) is 5.91 Å². The van der Waals surface area contributed by atoms with Crippen LogP contribution in [0.5, 0.6) is 0 Å². The largest absolute Gasteiger partial charge is 0.346 e. The van der Waals surface area contributed by atoms with Crippen LogP contribution in [0.1, 0.15) is 42.0 Å². The van der Waals surface area contributed by atoms with E-state index in [4.69, 9.17) is 0 Å². The maximum atomic E-state index is 13.3. The van der Waals surface area contributed by atoms with Gasteiger partial charge in [0.05, 0.1) is 12.0 Å². The number of amides is 2. The maximum Gasteiger partial charge on any atom is 0.254 e. The third-order valence-electron chi connectivity index (χ3n) is 6.19. The lowest BCUT2D eigenvalue weighted by Crippen LogP contribution is -2.46. The molecule has 4 aromatic rings. The number of nitrogens with zero attached hydrogens (tertiary/aromatic N) is 4. The van der Waals surface area contributed by atoms with Crippen molar-refractivity contribution < 1.29 is 9.59 Å². The zero-order valence-electron chi connectivity index (χ0n) is 17.9. The van der Waals surface area contributed by atoms with E-state index in [1.54, 1.807) is 0 Å². The second-order valence-electron chi connectivity index (χ2n) is 8.33. The molecule has 0 aliphatic carbocycles. The maximum absolute atomic E-state index is 13.3. The van der Waals surface area contributed by atoms with Gasteiger partial charge in [0.15, 0.2) is 11.5 Å². The molecule has 1 fully saturated rings. The molecule has 0 saturated carbocycles. The number of benzene rings is 2. The molecule has 7 nitrogen and oxygen atoms in total. The van der Waals surface area contributed by atoms with Crippen molar-refractivity contribution in [1.82, 2.24) is 24.8 Å². The van der Waals surface area contributed by atoms with Crippen molar-refractivity contribution in [2.75, 3.05) is 13.1 Å². The minimum atomic E-state index is -0.288. The smallest absolute Gasteiger partial charge is 0.254 e. The van der Waals surface area contributed by atoms with Crippen molar-refractivity contribution in [3.8, 4) is 0 Å². The van der Waals surface area contributed by atoms with Crippen molar-refractivity contribution in [2.45, 2.75) is 25.8 Å². The van der Waals surface area contributed by atoms with E-state index >= 15 is 0 Å². The van der Waals surface area contributed by atoms with Gasteiger partial charge in [-0.15, -0.1) is 10.2 Å². The third-order valence-corrected chi connectivity index (χ3v) is 6.19. The van der Waals surface area contributed by atoms with Crippen molar-refractivity contribution in [2.24, 2.45) is 5.92 Å². The summed E-state index contributed by atoms with van der Waals surface area (Å²) in [6, 6.07) is 19.1. The molecule has 2 aromatic carbocycles. The molecule has 2 unspecified atom stereocenters. The molecule has 2 aromatic heterocycles. The predicted molar refractivity (Wildman–Crippen MR) is 122 cm³/mol. The van der Waals surface area contributed by atoms with Gasteiger partial charge in [-0.05, 0) is 48.7 Å². The van der Waals surface area contributed by atoms with Crippen molar-refractivity contribution >= 4 is 28.2 Å².